The van der Waals surface area contributed by atoms with E-state index in [2.05, 4.69) is 33.3 Å². The largest absolute Gasteiger partial charge is 0.495 e. The van der Waals surface area contributed by atoms with E-state index in [1.807, 2.05) is 36.4 Å². The van der Waals surface area contributed by atoms with E-state index in [1.54, 1.807) is 31.4 Å². The lowest BCUT2D eigenvalue weighted by atomic mass is 10.1. The molecule has 0 atom stereocenters. The summed E-state index contributed by atoms with van der Waals surface area (Å²) in [5.74, 6) is -2.01. The van der Waals surface area contributed by atoms with Crippen molar-refractivity contribution in [2.45, 2.75) is 12.6 Å². The molecular weight excluding hydrogens is 541 g/mol. The van der Waals surface area contributed by atoms with Crippen LogP contribution in [0.15, 0.2) is 83.9 Å². The highest BCUT2D eigenvalue weighted by Crippen LogP contribution is 2.28. The fourth-order valence-electron chi connectivity index (χ4n) is 4.03. The number of nitrogens with zero attached hydrogens (tertiary/aromatic N) is 3. The number of para-hydroxylation sites is 2. The second-order valence-electron chi connectivity index (χ2n) is 8.90. The monoisotopic (exact) mass is 572 g/mol. The van der Waals surface area contributed by atoms with Crippen LogP contribution in [0.4, 0.5) is 24.5 Å². The SMILES string of the molecule is COc1ccccc1N1CCN(C(=NCCc2ccccc2)Nc2ccc(C(=O)O)cc2)CC1.O=C(O)C(F)(F)F. The van der Waals surface area contributed by atoms with Gasteiger partial charge in [0.15, 0.2) is 5.96 Å². The van der Waals surface area contributed by atoms with Crippen LogP contribution >= 0.6 is 0 Å². The van der Waals surface area contributed by atoms with Crippen LogP contribution in [0.1, 0.15) is 15.9 Å². The van der Waals surface area contributed by atoms with Gasteiger partial charge < -0.3 is 30.1 Å². The third kappa shape index (κ3) is 9.45. The zero-order chi connectivity index (χ0) is 29.8. The number of carboxylic acid groups (broad SMARTS) is 2. The lowest BCUT2D eigenvalue weighted by molar-refractivity contribution is -0.192. The number of ether oxygens (including phenoxy) is 1. The molecule has 0 saturated carbocycles. The molecule has 3 aromatic rings. The summed E-state index contributed by atoms with van der Waals surface area (Å²) in [5, 5.41) is 19.7. The smallest absolute Gasteiger partial charge is 0.490 e. The Hall–Kier alpha value is -4.74. The molecule has 3 aromatic carbocycles. The maximum atomic E-state index is 11.2. The quantitative estimate of drug-likeness (QED) is 0.272. The minimum Gasteiger partial charge on any atom is -0.495 e. The van der Waals surface area contributed by atoms with Crippen molar-refractivity contribution >= 4 is 29.3 Å². The summed E-state index contributed by atoms with van der Waals surface area (Å²) >= 11 is 0. The number of piperazine rings is 1. The van der Waals surface area contributed by atoms with Gasteiger partial charge in [-0.25, -0.2) is 9.59 Å². The molecule has 1 aliphatic rings. The Labute approximate surface area is 235 Å². The Morgan fingerprint density at radius 3 is 2.05 bits per heavy atom. The van der Waals surface area contributed by atoms with Crippen molar-refractivity contribution < 1.29 is 37.7 Å². The van der Waals surface area contributed by atoms with E-state index in [4.69, 9.17) is 19.6 Å². The van der Waals surface area contributed by atoms with Gasteiger partial charge in [0.25, 0.3) is 0 Å². The van der Waals surface area contributed by atoms with Crippen LogP contribution in [0.3, 0.4) is 0 Å². The molecular formula is C29H31F3N4O5. The van der Waals surface area contributed by atoms with E-state index in [0.29, 0.717) is 6.54 Å². The number of rotatable bonds is 7. The van der Waals surface area contributed by atoms with Gasteiger partial charge in [-0.05, 0) is 48.4 Å². The number of aliphatic imine (C=N–C) groups is 1. The maximum Gasteiger partial charge on any atom is 0.490 e. The van der Waals surface area contributed by atoms with Crippen LogP contribution in [0.5, 0.6) is 5.75 Å². The second kappa shape index (κ2) is 14.6. The minimum atomic E-state index is -5.08. The van der Waals surface area contributed by atoms with Gasteiger partial charge in [-0.15, -0.1) is 0 Å². The molecule has 0 amide bonds. The van der Waals surface area contributed by atoms with Gasteiger partial charge in [-0.1, -0.05) is 42.5 Å². The minimum absolute atomic E-state index is 0.263. The van der Waals surface area contributed by atoms with Crippen LogP contribution < -0.4 is 15.0 Å². The standard InChI is InChI=1S/C27H30N4O3.C2HF3O2/c1-34-25-10-6-5-9-24(25)30-17-19-31(20-18-30)27(28-16-15-21-7-3-2-4-8-21)29-23-13-11-22(12-14-23)26(32)33;3-2(4,5)1(6)7/h2-14H,15-20H2,1H3,(H,28,29)(H,32,33);(H,6,7). The number of halogens is 3. The van der Waals surface area contributed by atoms with Crippen LogP contribution in [0, 0.1) is 0 Å². The van der Waals surface area contributed by atoms with Crippen molar-refractivity contribution in [1.82, 2.24) is 4.90 Å². The summed E-state index contributed by atoms with van der Waals surface area (Å²) in [6.45, 7) is 3.96. The fraction of sp³-hybridized carbons (Fsp3) is 0.276. The zero-order valence-corrected chi connectivity index (χ0v) is 22.3. The lowest BCUT2D eigenvalue weighted by Gasteiger charge is -2.38. The number of nitrogens with one attached hydrogen (secondary N) is 1. The number of carboxylic acids is 2. The Kier molecular flexibility index (Phi) is 11.0. The van der Waals surface area contributed by atoms with Crippen LogP contribution in [0.2, 0.25) is 0 Å². The summed E-state index contributed by atoms with van der Waals surface area (Å²) < 4.78 is 37.3. The average Bonchev–Trinajstić information content (AvgIpc) is 2.97. The first kappa shape index (κ1) is 30.8. The number of hydrogen-bond donors (Lipinski definition) is 3. The highest BCUT2D eigenvalue weighted by atomic mass is 19.4. The molecule has 218 valence electrons. The van der Waals surface area contributed by atoms with Gasteiger partial charge in [-0.3, -0.25) is 4.99 Å². The molecule has 0 aliphatic carbocycles. The molecule has 0 unspecified atom stereocenters. The Bertz CT molecular complexity index is 1310. The first-order valence-electron chi connectivity index (χ1n) is 12.7. The predicted molar refractivity (Wildman–Crippen MR) is 150 cm³/mol. The van der Waals surface area contributed by atoms with Crippen molar-refractivity contribution in [1.29, 1.82) is 0 Å². The molecule has 3 N–H and O–H groups in total. The molecule has 1 fully saturated rings. The van der Waals surface area contributed by atoms with E-state index in [9.17, 15) is 23.1 Å². The first-order valence-corrected chi connectivity index (χ1v) is 12.7. The van der Waals surface area contributed by atoms with Crippen molar-refractivity contribution in [2.24, 2.45) is 4.99 Å². The maximum absolute atomic E-state index is 11.2. The molecule has 1 heterocycles. The molecule has 1 aliphatic heterocycles. The van der Waals surface area contributed by atoms with Crippen molar-refractivity contribution in [2.75, 3.05) is 50.1 Å². The van der Waals surface area contributed by atoms with E-state index < -0.39 is 18.1 Å². The summed E-state index contributed by atoms with van der Waals surface area (Å²) in [6, 6.07) is 25.2. The third-order valence-electron chi connectivity index (χ3n) is 6.14. The number of benzene rings is 3. The van der Waals surface area contributed by atoms with Crippen LogP contribution in [-0.2, 0) is 11.2 Å². The number of methoxy groups -OCH3 is 1. The van der Waals surface area contributed by atoms with E-state index in [0.717, 1.165) is 55.7 Å². The Morgan fingerprint density at radius 1 is 0.902 bits per heavy atom. The molecule has 1 saturated heterocycles. The topological polar surface area (TPSA) is 115 Å². The number of anilines is 2. The third-order valence-corrected chi connectivity index (χ3v) is 6.14. The Balaban J connectivity index is 0.000000587. The predicted octanol–water partition coefficient (Wildman–Crippen LogP) is 4.86. The number of hydrogen-bond acceptors (Lipinski definition) is 5. The number of aromatic carboxylic acids is 1. The molecule has 4 rings (SSSR count). The molecule has 0 radical (unpaired) electrons. The van der Waals surface area contributed by atoms with Gasteiger partial charge in [0.05, 0.1) is 18.4 Å². The lowest BCUT2D eigenvalue weighted by Crippen LogP contribution is -2.50. The first-order chi connectivity index (χ1) is 19.6. The summed E-state index contributed by atoms with van der Waals surface area (Å²) in [4.78, 5) is 29.6. The van der Waals surface area contributed by atoms with Crippen LogP contribution in [0.25, 0.3) is 0 Å². The normalized spacial score (nSPS) is 13.6. The van der Waals surface area contributed by atoms with Crippen LogP contribution in [-0.4, -0.2) is 79.0 Å². The molecule has 9 nitrogen and oxygen atoms in total. The average molecular weight is 573 g/mol. The van der Waals surface area contributed by atoms with Crippen molar-refractivity contribution in [3.63, 3.8) is 0 Å². The van der Waals surface area contributed by atoms with Crippen molar-refractivity contribution in [3.05, 3.63) is 90.0 Å². The zero-order valence-electron chi connectivity index (χ0n) is 22.3. The van der Waals surface area contributed by atoms with E-state index in [-0.39, 0.29) is 5.56 Å². The Morgan fingerprint density at radius 2 is 1.49 bits per heavy atom. The number of aliphatic carboxylic acids is 1. The second-order valence-corrected chi connectivity index (χ2v) is 8.90. The fourth-order valence-corrected chi connectivity index (χ4v) is 4.03. The molecule has 41 heavy (non-hydrogen) atoms. The van der Waals surface area contributed by atoms with Gasteiger partial charge in [-0.2, -0.15) is 13.2 Å². The summed E-state index contributed by atoms with van der Waals surface area (Å²) in [7, 11) is 1.70. The van der Waals surface area contributed by atoms with E-state index >= 15 is 0 Å². The van der Waals surface area contributed by atoms with Gasteiger partial charge in [0.2, 0.25) is 0 Å². The molecule has 0 spiro atoms. The number of carbonyl (C=O) groups is 2. The van der Waals surface area contributed by atoms with Gasteiger partial charge in [0, 0.05) is 38.4 Å². The highest BCUT2D eigenvalue weighted by Gasteiger charge is 2.38. The number of alkyl halides is 3. The summed E-state index contributed by atoms with van der Waals surface area (Å²) in [5.41, 5.74) is 3.43. The molecule has 12 heteroatoms. The highest BCUT2D eigenvalue weighted by molar-refractivity contribution is 5.95. The van der Waals surface area contributed by atoms with Crippen molar-refractivity contribution in [3.8, 4) is 5.75 Å². The van der Waals surface area contributed by atoms with Gasteiger partial charge in [0.1, 0.15) is 5.75 Å². The molecule has 0 aromatic heterocycles. The summed E-state index contributed by atoms with van der Waals surface area (Å²) in [6.07, 6.45) is -4.23. The van der Waals surface area contributed by atoms with Gasteiger partial charge >= 0.3 is 18.1 Å². The number of guanidine groups is 1. The van der Waals surface area contributed by atoms with E-state index in [1.165, 1.54) is 5.56 Å². The molecule has 0 bridgehead atoms.